The molecule has 6 rings (SSSR count). The van der Waals surface area contributed by atoms with Crippen LogP contribution >= 0.6 is 11.3 Å². The zero-order chi connectivity index (χ0) is 24.6. The predicted molar refractivity (Wildman–Crippen MR) is 146 cm³/mol. The Bertz CT molecular complexity index is 1570. The average Bonchev–Trinajstić information content (AvgIpc) is 3.51. The highest BCUT2D eigenvalue weighted by molar-refractivity contribution is 7.16. The van der Waals surface area contributed by atoms with Crippen LogP contribution in [0.1, 0.15) is 15.9 Å². The Hall–Kier alpha value is -4.02. The monoisotopic (exact) mass is 498 g/mol. The molecule has 0 aliphatic carbocycles. The molecule has 0 spiro atoms. The van der Waals surface area contributed by atoms with E-state index < -0.39 is 0 Å². The fourth-order valence-corrected chi connectivity index (χ4v) is 5.17. The summed E-state index contributed by atoms with van der Waals surface area (Å²) in [4.78, 5) is 34.9. The number of amides is 1. The molecule has 36 heavy (non-hydrogen) atoms. The molecular weight excluding hydrogens is 472 g/mol. The number of pyridine rings is 1. The van der Waals surface area contributed by atoms with Gasteiger partial charge in [-0.05, 0) is 55.9 Å². The molecule has 0 unspecified atom stereocenters. The van der Waals surface area contributed by atoms with E-state index in [1.807, 2.05) is 54.9 Å². The highest BCUT2D eigenvalue weighted by atomic mass is 32.1. The number of anilines is 4. The van der Waals surface area contributed by atoms with Crippen LogP contribution in [0.2, 0.25) is 0 Å². The zero-order valence-electron chi connectivity index (χ0n) is 20.1. The number of piperazine rings is 1. The Balaban J connectivity index is 1.36. The Morgan fingerprint density at radius 1 is 1.06 bits per heavy atom. The Morgan fingerprint density at radius 3 is 2.75 bits per heavy atom. The van der Waals surface area contributed by atoms with E-state index in [4.69, 9.17) is 4.98 Å². The standard InChI is InChI=1S/C26H26N8OS/c1-16-4-3-7-27-24(16)32-26-30-20-13-18(22(14-21(20)31-26)34-10-8-33(2)9-11-34)25(35)29-17-5-6-19-23(12-17)36-15-28-19/h3-7,12-15H,8-11H2,1-2H3,(H,29,35)(H2,27,30,31,32). The van der Waals surface area contributed by atoms with E-state index in [-0.39, 0.29) is 5.91 Å². The maximum absolute atomic E-state index is 13.6. The van der Waals surface area contributed by atoms with Gasteiger partial charge in [0.25, 0.3) is 5.91 Å². The summed E-state index contributed by atoms with van der Waals surface area (Å²) in [6, 6.07) is 13.6. The number of aryl methyl sites for hydroxylation is 1. The van der Waals surface area contributed by atoms with Crippen molar-refractivity contribution in [1.29, 1.82) is 0 Å². The lowest BCUT2D eigenvalue weighted by Gasteiger charge is -2.35. The molecule has 1 fully saturated rings. The first-order valence-corrected chi connectivity index (χ1v) is 12.7. The fourth-order valence-electron chi connectivity index (χ4n) is 4.46. The zero-order valence-corrected chi connectivity index (χ0v) is 20.9. The number of aromatic nitrogens is 4. The maximum atomic E-state index is 13.6. The van der Waals surface area contributed by atoms with Gasteiger partial charge in [-0.25, -0.2) is 15.0 Å². The minimum Gasteiger partial charge on any atom is -0.368 e. The summed E-state index contributed by atoms with van der Waals surface area (Å²) >= 11 is 1.56. The third-order valence-electron chi connectivity index (χ3n) is 6.52. The predicted octanol–water partition coefficient (Wildman–Crippen LogP) is 4.62. The van der Waals surface area contributed by atoms with Crippen LogP contribution < -0.4 is 15.5 Å². The van der Waals surface area contributed by atoms with Gasteiger partial charge in [0.2, 0.25) is 5.95 Å². The minimum absolute atomic E-state index is 0.153. The van der Waals surface area contributed by atoms with Gasteiger partial charge in [-0.1, -0.05) is 6.07 Å². The second-order valence-corrected chi connectivity index (χ2v) is 9.93. The van der Waals surface area contributed by atoms with Gasteiger partial charge >= 0.3 is 0 Å². The SMILES string of the molecule is Cc1cccnc1Nc1nc2cc(N3CCN(C)CC3)c(C(=O)Nc3ccc4ncsc4c3)cc2[nH]1. The molecule has 0 radical (unpaired) electrons. The van der Waals surface area contributed by atoms with Crippen molar-refractivity contribution in [3.05, 3.63) is 65.3 Å². The molecule has 3 N–H and O–H groups in total. The lowest BCUT2D eigenvalue weighted by Crippen LogP contribution is -2.45. The van der Waals surface area contributed by atoms with Crippen molar-refractivity contribution < 1.29 is 4.79 Å². The average molecular weight is 499 g/mol. The number of imidazole rings is 1. The highest BCUT2D eigenvalue weighted by Gasteiger charge is 2.23. The number of hydrogen-bond acceptors (Lipinski definition) is 8. The van der Waals surface area contributed by atoms with Crippen LogP contribution in [0.3, 0.4) is 0 Å². The molecule has 0 atom stereocenters. The number of nitrogens with zero attached hydrogens (tertiary/aromatic N) is 5. The molecule has 0 saturated carbocycles. The Morgan fingerprint density at radius 2 is 1.92 bits per heavy atom. The number of fused-ring (bicyclic) bond motifs is 2. The minimum atomic E-state index is -0.153. The first-order chi connectivity index (χ1) is 17.5. The van der Waals surface area contributed by atoms with Gasteiger partial charge in [0.1, 0.15) is 5.82 Å². The first kappa shape index (κ1) is 22.4. The second-order valence-electron chi connectivity index (χ2n) is 9.05. The van der Waals surface area contributed by atoms with Gasteiger partial charge < -0.3 is 25.4 Å². The number of benzene rings is 2. The topological polar surface area (TPSA) is 102 Å². The van der Waals surface area contributed by atoms with Crippen molar-refractivity contribution in [1.82, 2.24) is 24.8 Å². The van der Waals surface area contributed by atoms with Crippen LogP contribution in [0.5, 0.6) is 0 Å². The summed E-state index contributed by atoms with van der Waals surface area (Å²) in [5, 5.41) is 6.36. The van der Waals surface area contributed by atoms with Crippen molar-refractivity contribution in [2.24, 2.45) is 0 Å². The molecule has 182 valence electrons. The number of likely N-dealkylation sites (N-methyl/N-ethyl adjacent to an activating group) is 1. The summed E-state index contributed by atoms with van der Waals surface area (Å²) in [6.45, 7) is 5.56. The number of hydrogen-bond donors (Lipinski definition) is 3. The number of aromatic amines is 1. The maximum Gasteiger partial charge on any atom is 0.257 e. The van der Waals surface area contributed by atoms with Crippen LogP contribution in [0.15, 0.2) is 54.2 Å². The van der Waals surface area contributed by atoms with E-state index in [0.29, 0.717) is 11.5 Å². The molecule has 0 bridgehead atoms. The second kappa shape index (κ2) is 9.21. The van der Waals surface area contributed by atoms with E-state index >= 15 is 0 Å². The molecule has 3 aromatic heterocycles. The molecule has 2 aromatic carbocycles. The number of nitrogens with one attached hydrogen (secondary N) is 3. The number of carbonyl (C=O) groups excluding carboxylic acids is 1. The molecule has 9 nitrogen and oxygen atoms in total. The lowest BCUT2D eigenvalue weighted by molar-refractivity contribution is 0.102. The third kappa shape index (κ3) is 4.36. The van der Waals surface area contributed by atoms with Gasteiger partial charge in [0.05, 0.1) is 38.0 Å². The van der Waals surface area contributed by atoms with Crippen molar-refractivity contribution >= 4 is 61.6 Å². The van der Waals surface area contributed by atoms with Crippen molar-refractivity contribution in [2.75, 3.05) is 48.8 Å². The number of thiazole rings is 1. The van der Waals surface area contributed by atoms with Gasteiger partial charge in [-0.15, -0.1) is 11.3 Å². The fraction of sp³-hybridized carbons (Fsp3) is 0.231. The summed E-state index contributed by atoms with van der Waals surface area (Å²) in [6.07, 6.45) is 1.75. The summed E-state index contributed by atoms with van der Waals surface area (Å²) < 4.78 is 1.04. The number of carbonyl (C=O) groups is 1. The van der Waals surface area contributed by atoms with Gasteiger partial charge in [0, 0.05) is 38.1 Å². The molecule has 4 heterocycles. The normalized spacial score (nSPS) is 14.4. The quantitative estimate of drug-likeness (QED) is 0.325. The summed E-state index contributed by atoms with van der Waals surface area (Å²) in [7, 11) is 2.12. The van der Waals surface area contributed by atoms with Crippen molar-refractivity contribution in [3.63, 3.8) is 0 Å². The Kier molecular flexibility index (Phi) is 5.74. The lowest BCUT2D eigenvalue weighted by atomic mass is 10.1. The molecule has 10 heteroatoms. The van der Waals surface area contributed by atoms with Gasteiger partial charge in [0.15, 0.2) is 0 Å². The van der Waals surface area contributed by atoms with E-state index in [1.165, 1.54) is 0 Å². The molecule has 1 amide bonds. The molecule has 1 aliphatic heterocycles. The van der Waals surface area contributed by atoms with Crippen LogP contribution in [-0.4, -0.2) is 64.0 Å². The third-order valence-corrected chi connectivity index (χ3v) is 7.32. The first-order valence-electron chi connectivity index (χ1n) is 11.8. The van der Waals surface area contributed by atoms with Gasteiger partial charge in [-0.3, -0.25) is 4.79 Å². The van der Waals surface area contributed by atoms with Crippen molar-refractivity contribution in [2.45, 2.75) is 6.92 Å². The van der Waals surface area contributed by atoms with Crippen LogP contribution in [0.4, 0.5) is 23.1 Å². The van der Waals surface area contributed by atoms with E-state index in [2.05, 4.69) is 42.4 Å². The van der Waals surface area contributed by atoms with E-state index in [0.717, 1.165) is 70.2 Å². The highest BCUT2D eigenvalue weighted by Crippen LogP contribution is 2.30. The van der Waals surface area contributed by atoms with Gasteiger partial charge in [-0.2, -0.15) is 0 Å². The van der Waals surface area contributed by atoms with Crippen LogP contribution in [0, 0.1) is 6.92 Å². The number of rotatable bonds is 5. The van der Waals surface area contributed by atoms with Crippen LogP contribution in [0.25, 0.3) is 21.3 Å². The molecule has 5 aromatic rings. The molecular formula is C26H26N8OS. The number of H-pyrrole nitrogens is 1. The van der Waals surface area contributed by atoms with E-state index in [9.17, 15) is 4.79 Å². The molecule has 1 saturated heterocycles. The summed E-state index contributed by atoms with van der Waals surface area (Å²) in [5.74, 6) is 1.18. The van der Waals surface area contributed by atoms with Crippen LogP contribution in [-0.2, 0) is 0 Å². The Labute approximate surface area is 212 Å². The molecule has 1 aliphatic rings. The largest absolute Gasteiger partial charge is 0.368 e. The summed E-state index contributed by atoms with van der Waals surface area (Å²) in [5.41, 5.74) is 7.59. The van der Waals surface area contributed by atoms with E-state index in [1.54, 1.807) is 17.5 Å². The smallest absolute Gasteiger partial charge is 0.257 e. The van der Waals surface area contributed by atoms with Crippen molar-refractivity contribution in [3.8, 4) is 0 Å².